The summed E-state index contributed by atoms with van der Waals surface area (Å²) >= 11 is 0. The molecule has 1 aliphatic heterocycles. The predicted octanol–water partition coefficient (Wildman–Crippen LogP) is 3.05. The molecular weight excluding hydrogens is 314 g/mol. The van der Waals surface area contributed by atoms with Crippen molar-refractivity contribution in [2.45, 2.75) is 76.8 Å². The van der Waals surface area contributed by atoms with E-state index in [0.29, 0.717) is 17.9 Å². The van der Waals surface area contributed by atoms with Crippen LogP contribution in [-0.2, 0) is 13.6 Å². The van der Waals surface area contributed by atoms with Gasteiger partial charge >= 0.3 is 0 Å². The molecule has 7 nitrogen and oxygen atoms in total. The molecule has 1 N–H and O–H groups in total. The third-order valence-corrected chi connectivity index (χ3v) is 5.78. The van der Waals surface area contributed by atoms with Gasteiger partial charge in [-0.3, -0.25) is 10.00 Å². The minimum atomic E-state index is 0.303. The molecule has 0 spiro atoms. The number of rotatable bonds is 5. The lowest BCUT2D eigenvalue weighted by molar-refractivity contribution is 0.129. The van der Waals surface area contributed by atoms with Crippen molar-refractivity contribution in [3.63, 3.8) is 0 Å². The van der Waals surface area contributed by atoms with Crippen molar-refractivity contribution in [1.82, 2.24) is 34.8 Å². The van der Waals surface area contributed by atoms with Gasteiger partial charge in [0.15, 0.2) is 5.82 Å². The Bertz CT molecular complexity index is 713. The fraction of sp³-hybridized carbons (Fsp3) is 0.778. The Labute approximate surface area is 149 Å². The number of hydrogen-bond acceptors (Lipinski definition) is 5. The highest BCUT2D eigenvalue weighted by Crippen LogP contribution is 2.36. The summed E-state index contributed by atoms with van der Waals surface area (Å²) < 4.78 is 2.22. The van der Waals surface area contributed by atoms with Crippen LogP contribution in [0.2, 0.25) is 0 Å². The molecule has 2 aromatic rings. The highest BCUT2D eigenvalue weighted by Gasteiger charge is 2.30. The van der Waals surface area contributed by atoms with E-state index in [1.54, 1.807) is 0 Å². The zero-order valence-corrected chi connectivity index (χ0v) is 15.6. The molecule has 136 valence electrons. The lowest BCUT2D eigenvalue weighted by Crippen LogP contribution is -2.34. The van der Waals surface area contributed by atoms with Gasteiger partial charge in [0.2, 0.25) is 0 Å². The smallest absolute Gasteiger partial charge is 0.153 e. The number of aromatic nitrogens is 6. The van der Waals surface area contributed by atoms with Crippen LogP contribution in [-0.4, -0.2) is 41.4 Å². The van der Waals surface area contributed by atoms with Crippen molar-refractivity contribution in [2.24, 2.45) is 7.05 Å². The monoisotopic (exact) mass is 343 g/mol. The van der Waals surface area contributed by atoms with E-state index in [4.69, 9.17) is 4.98 Å². The van der Waals surface area contributed by atoms with Gasteiger partial charge in [-0.05, 0) is 32.2 Å². The quantitative estimate of drug-likeness (QED) is 0.903. The SMILES string of the molecule is CC(C)c1n[nH]c(C2CCCCN2Cc2nnc(C3CCC3)n2C)n1. The number of nitrogens with zero attached hydrogens (tertiary/aromatic N) is 6. The molecule has 3 heterocycles. The maximum atomic E-state index is 4.75. The van der Waals surface area contributed by atoms with Crippen LogP contribution >= 0.6 is 0 Å². The summed E-state index contributed by atoms with van der Waals surface area (Å²) in [6.45, 7) is 6.17. The number of piperidine rings is 1. The number of nitrogens with one attached hydrogen (secondary N) is 1. The Morgan fingerprint density at radius 3 is 2.64 bits per heavy atom. The number of H-pyrrole nitrogens is 1. The molecule has 2 aromatic heterocycles. The molecule has 0 bridgehead atoms. The molecular formula is C18H29N7. The summed E-state index contributed by atoms with van der Waals surface area (Å²) in [5, 5.41) is 16.6. The maximum absolute atomic E-state index is 4.75. The third-order valence-electron chi connectivity index (χ3n) is 5.78. The van der Waals surface area contributed by atoms with Gasteiger partial charge in [0, 0.05) is 18.9 Å². The van der Waals surface area contributed by atoms with E-state index in [9.17, 15) is 0 Å². The van der Waals surface area contributed by atoms with Gasteiger partial charge in [-0.2, -0.15) is 5.10 Å². The number of likely N-dealkylation sites (tertiary alicyclic amines) is 1. The first kappa shape index (κ1) is 16.7. The van der Waals surface area contributed by atoms with E-state index in [1.807, 2.05) is 0 Å². The van der Waals surface area contributed by atoms with E-state index in [1.165, 1.54) is 32.1 Å². The fourth-order valence-electron chi connectivity index (χ4n) is 3.90. The summed E-state index contributed by atoms with van der Waals surface area (Å²) in [5.41, 5.74) is 0. The van der Waals surface area contributed by atoms with Gasteiger partial charge in [0.1, 0.15) is 17.5 Å². The zero-order chi connectivity index (χ0) is 17.4. The minimum Gasteiger partial charge on any atom is -0.317 e. The van der Waals surface area contributed by atoms with Crippen molar-refractivity contribution < 1.29 is 0 Å². The van der Waals surface area contributed by atoms with E-state index in [-0.39, 0.29) is 0 Å². The Balaban J connectivity index is 1.52. The molecule has 1 unspecified atom stereocenters. The minimum absolute atomic E-state index is 0.303. The summed E-state index contributed by atoms with van der Waals surface area (Å²) in [7, 11) is 2.12. The molecule has 2 fully saturated rings. The molecule has 1 saturated carbocycles. The van der Waals surface area contributed by atoms with Crippen molar-refractivity contribution in [3.8, 4) is 0 Å². The summed E-state index contributed by atoms with van der Waals surface area (Å²) in [4.78, 5) is 7.24. The standard InChI is InChI=1S/C18H29N7/c1-12(2)16-19-17(22-21-16)14-9-4-5-10-25(14)11-15-20-23-18(24(15)3)13-7-6-8-13/h12-14H,4-11H2,1-3H3,(H,19,21,22). The van der Waals surface area contributed by atoms with Crippen LogP contribution in [0.15, 0.2) is 0 Å². The van der Waals surface area contributed by atoms with Crippen molar-refractivity contribution in [1.29, 1.82) is 0 Å². The van der Waals surface area contributed by atoms with Crippen LogP contribution in [0.3, 0.4) is 0 Å². The van der Waals surface area contributed by atoms with Crippen LogP contribution in [0.1, 0.15) is 93.5 Å². The summed E-state index contributed by atoms with van der Waals surface area (Å²) in [6, 6.07) is 0.303. The Hall–Kier alpha value is -1.76. The van der Waals surface area contributed by atoms with Crippen LogP contribution < -0.4 is 0 Å². The van der Waals surface area contributed by atoms with E-state index < -0.39 is 0 Å². The van der Waals surface area contributed by atoms with Gasteiger partial charge < -0.3 is 4.57 Å². The third kappa shape index (κ3) is 3.21. The van der Waals surface area contributed by atoms with Gasteiger partial charge in [0.25, 0.3) is 0 Å². The molecule has 0 aromatic carbocycles. The van der Waals surface area contributed by atoms with Gasteiger partial charge in [-0.1, -0.05) is 26.7 Å². The maximum Gasteiger partial charge on any atom is 0.153 e. The molecule has 1 aliphatic carbocycles. The molecule has 1 saturated heterocycles. The Morgan fingerprint density at radius 1 is 1.12 bits per heavy atom. The van der Waals surface area contributed by atoms with Crippen LogP contribution in [0.4, 0.5) is 0 Å². The molecule has 4 rings (SSSR count). The van der Waals surface area contributed by atoms with E-state index in [2.05, 4.69) is 50.8 Å². The molecule has 0 amide bonds. The Kier molecular flexibility index (Phi) is 4.58. The Morgan fingerprint density at radius 2 is 1.96 bits per heavy atom. The van der Waals surface area contributed by atoms with Crippen LogP contribution in [0.25, 0.3) is 0 Å². The lowest BCUT2D eigenvalue weighted by Gasteiger charge is -2.33. The predicted molar refractivity (Wildman–Crippen MR) is 95.1 cm³/mol. The average Bonchev–Trinajstić information content (AvgIpc) is 3.17. The van der Waals surface area contributed by atoms with Gasteiger partial charge in [-0.25, -0.2) is 4.98 Å². The van der Waals surface area contributed by atoms with Crippen molar-refractivity contribution in [2.75, 3.05) is 6.54 Å². The highest BCUT2D eigenvalue weighted by atomic mass is 15.3. The van der Waals surface area contributed by atoms with Crippen LogP contribution in [0, 0.1) is 0 Å². The average molecular weight is 343 g/mol. The topological polar surface area (TPSA) is 75.5 Å². The largest absolute Gasteiger partial charge is 0.317 e. The first-order valence-corrected chi connectivity index (χ1v) is 9.68. The number of aromatic amines is 1. The van der Waals surface area contributed by atoms with E-state index in [0.717, 1.165) is 42.8 Å². The highest BCUT2D eigenvalue weighted by molar-refractivity contribution is 5.06. The second kappa shape index (κ2) is 6.86. The second-order valence-electron chi connectivity index (χ2n) is 7.88. The fourth-order valence-corrected chi connectivity index (χ4v) is 3.90. The molecule has 2 aliphatic rings. The van der Waals surface area contributed by atoms with Gasteiger partial charge in [0.05, 0.1) is 12.6 Å². The first-order chi connectivity index (χ1) is 12.1. The first-order valence-electron chi connectivity index (χ1n) is 9.68. The van der Waals surface area contributed by atoms with Crippen molar-refractivity contribution >= 4 is 0 Å². The van der Waals surface area contributed by atoms with E-state index >= 15 is 0 Å². The molecule has 1 atom stereocenters. The second-order valence-corrected chi connectivity index (χ2v) is 7.88. The normalized spacial score (nSPS) is 22.5. The van der Waals surface area contributed by atoms with Crippen LogP contribution in [0.5, 0.6) is 0 Å². The summed E-state index contributed by atoms with van der Waals surface area (Å²) in [5.74, 6) is 5.11. The zero-order valence-electron chi connectivity index (χ0n) is 15.6. The van der Waals surface area contributed by atoms with Gasteiger partial charge in [-0.15, -0.1) is 10.2 Å². The summed E-state index contributed by atoms with van der Waals surface area (Å²) in [6.07, 6.45) is 7.44. The number of hydrogen-bond donors (Lipinski definition) is 1. The van der Waals surface area contributed by atoms with Crippen molar-refractivity contribution in [3.05, 3.63) is 23.3 Å². The molecule has 7 heteroatoms. The lowest BCUT2D eigenvalue weighted by atomic mass is 9.85. The molecule has 25 heavy (non-hydrogen) atoms. The molecule has 0 radical (unpaired) electrons.